The van der Waals surface area contributed by atoms with E-state index in [4.69, 9.17) is 4.74 Å². The van der Waals surface area contributed by atoms with Crippen LogP contribution in [-0.4, -0.2) is 23.4 Å². The molecule has 1 aromatic carbocycles. The van der Waals surface area contributed by atoms with Gasteiger partial charge in [-0.3, -0.25) is 4.98 Å². The summed E-state index contributed by atoms with van der Waals surface area (Å²) in [4.78, 5) is 7.99. The molecule has 8 heteroatoms. The Bertz CT molecular complexity index is 647. The SMILES string of the molecule is CNc1cccc(OC(F)(F)F)c1COc1cncc(C)n1. The molecule has 0 amide bonds. The van der Waals surface area contributed by atoms with E-state index < -0.39 is 6.36 Å². The number of ether oxygens (including phenoxy) is 2. The highest BCUT2D eigenvalue weighted by Crippen LogP contribution is 2.31. The van der Waals surface area contributed by atoms with Gasteiger partial charge in [-0.25, -0.2) is 4.98 Å². The lowest BCUT2D eigenvalue weighted by molar-refractivity contribution is -0.275. The predicted octanol–water partition coefficient (Wildman–Crippen LogP) is 3.30. The number of benzene rings is 1. The topological polar surface area (TPSA) is 56.3 Å². The molecule has 0 spiro atoms. The Morgan fingerprint density at radius 1 is 1.23 bits per heavy atom. The number of rotatable bonds is 5. The monoisotopic (exact) mass is 313 g/mol. The van der Waals surface area contributed by atoms with E-state index in [1.54, 1.807) is 26.2 Å². The van der Waals surface area contributed by atoms with Crippen LogP contribution in [0, 0.1) is 6.92 Å². The molecule has 0 saturated heterocycles. The predicted molar refractivity (Wildman–Crippen MR) is 73.8 cm³/mol. The fourth-order valence-electron chi connectivity index (χ4n) is 1.83. The lowest BCUT2D eigenvalue weighted by Gasteiger charge is -2.16. The van der Waals surface area contributed by atoms with Crippen molar-refractivity contribution in [2.24, 2.45) is 0 Å². The Labute approximate surface area is 125 Å². The molecule has 0 aliphatic heterocycles. The zero-order chi connectivity index (χ0) is 16.2. The lowest BCUT2D eigenvalue weighted by atomic mass is 10.1. The molecule has 0 fully saturated rings. The second-order valence-electron chi connectivity index (χ2n) is 4.37. The Balaban J connectivity index is 2.24. The van der Waals surface area contributed by atoms with Crippen molar-refractivity contribution >= 4 is 5.69 Å². The van der Waals surface area contributed by atoms with Crippen molar-refractivity contribution in [2.75, 3.05) is 12.4 Å². The molecule has 5 nitrogen and oxygen atoms in total. The number of hydrogen-bond donors (Lipinski definition) is 1. The van der Waals surface area contributed by atoms with Gasteiger partial charge in [0.1, 0.15) is 12.4 Å². The summed E-state index contributed by atoms with van der Waals surface area (Å²) >= 11 is 0. The Hall–Kier alpha value is -2.51. The van der Waals surface area contributed by atoms with Crippen LogP contribution in [0.15, 0.2) is 30.6 Å². The van der Waals surface area contributed by atoms with Gasteiger partial charge >= 0.3 is 6.36 Å². The number of nitrogens with one attached hydrogen (secondary N) is 1. The first-order chi connectivity index (χ1) is 10.4. The Morgan fingerprint density at radius 3 is 2.64 bits per heavy atom. The van der Waals surface area contributed by atoms with E-state index in [1.807, 2.05) is 0 Å². The van der Waals surface area contributed by atoms with Crippen LogP contribution in [-0.2, 0) is 6.61 Å². The number of hydrogen-bond acceptors (Lipinski definition) is 5. The van der Waals surface area contributed by atoms with Crippen LogP contribution in [0.1, 0.15) is 11.3 Å². The van der Waals surface area contributed by atoms with Crippen molar-refractivity contribution in [3.8, 4) is 11.6 Å². The van der Waals surface area contributed by atoms with E-state index in [0.717, 1.165) is 0 Å². The largest absolute Gasteiger partial charge is 0.573 e. The zero-order valence-electron chi connectivity index (χ0n) is 11.9. The van der Waals surface area contributed by atoms with Crippen molar-refractivity contribution in [2.45, 2.75) is 19.9 Å². The molecule has 0 radical (unpaired) electrons. The van der Waals surface area contributed by atoms with Crippen LogP contribution in [0.25, 0.3) is 0 Å². The second kappa shape index (κ2) is 6.50. The molecule has 1 aromatic heterocycles. The summed E-state index contributed by atoms with van der Waals surface area (Å²) < 4.78 is 46.8. The molecule has 0 bridgehead atoms. The summed E-state index contributed by atoms with van der Waals surface area (Å²) in [5, 5.41) is 2.81. The van der Waals surface area contributed by atoms with Crippen molar-refractivity contribution in [1.29, 1.82) is 0 Å². The number of alkyl halides is 3. The van der Waals surface area contributed by atoms with Crippen molar-refractivity contribution < 1.29 is 22.6 Å². The Morgan fingerprint density at radius 2 is 2.00 bits per heavy atom. The zero-order valence-corrected chi connectivity index (χ0v) is 11.9. The van der Waals surface area contributed by atoms with Gasteiger partial charge in [-0.1, -0.05) is 6.07 Å². The first-order valence-electron chi connectivity index (χ1n) is 6.36. The van der Waals surface area contributed by atoms with E-state index in [2.05, 4.69) is 20.0 Å². The van der Waals surface area contributed by atoms with E-state index in [9.17, 15) is 13.2 Å². The maximum atomic E-state index is 12.5. The fraction of sp³-hybridized carbons (Fsp3) is 0.286. The summed E-state index contributed by atoms with van der Waals surface area (Å²) in [5.74, 6) is -0.0937. The van der Waals surface area contributed by atoms with Gasteiger partial charge in [0.2, 0.25) is 5.88 Å². The minimum atomic E-state index is -4.77. The van der Waals surface area contributed by atoms with Gasteiger partial charge in [-0.2, -0.15) is 0 Å². The fourth-order valence-corrected chi connectivity index (χ4v) is 1.83. The molecule has 1 N–H and O–H groups in total. The summed E-state index contributed by atoms with van der Waals surface area (Å²) in [6.07, 6.45) is -1.84. The molecule has 1 heterocycles. The first kappa shape index (κ1) is 15.9. The average Bonchev–Trinajstić information content (AvgIpc) is 2.44. The van der Waals surface area contributed by atoms with E-state index in [1.165, 1.54) is 18.3 Å². The van der Waals surface area contributed by atoms with Crippen molar-refractivity contribution in [1.82, 2.24) is 9.97 Å². The molecule has 0 atom stereocenters. The minimum Gasteiger partial charge on any atom is -0.471 e. The van der Waals surface area contributed by atoms with Gasteiger partial charge in [0.05, 0.1) is 17.5 Å². The minimum absolute atomic E-state index is 0.138. The number of aryl methyl sites for hydroxylation is 1. The highest BCUT2D eigenvalue weighted by Gasteiger charge is 2.32. The van der Waals surface area contributed by atoms with Crippen LogP contribution in [0.5, 0.6) is 11.6 Å². The van der Waals surface area contributed by atoms with Gasteiger partial charge in [0.15, 0.2) is 0 Å². The normalized spacial score (nSPS) is 11.1. The van der Waals surface area contributed by atoms with Crippen LogP contribution >= 0.6 is 0 Å². The number of anilines is 1. The standard InChI is InChI=1S/C14H14F3N3O2/c1-9-6-19-7-13(20-9)21-8-10-11(18-2)4-3-5-12(10)22-14(15,16)17/h3-7,18H,8H2,1-2H3. The quantitative estimate of drug-likeness (QED) is 0.918. The number of aromatic nitrogens is 2. The van der Waals surface area contributed by atoms with Crippen LogP contribution in [0.4, 0.5) is 18.9 Å². The lowest BCUT2D eigenvalue weighted by Crippen LogP contribution is -2.19. The molecule has 2 rings (SSSR count). The van der Waals surface area contributed by atoms with Crippen LogP contribution in [0.2, 0.25) is 0 Å². The molecule has 0 aliphatic rings. The third kappa shape index (κ3) is 4.24. The van der Waals surface area contributed by atoms with Crippen LogP contribution < -0.4 is 14.8 Å². The summed E-state index contributed by atoms with van der Waals surface area (Å²) in [5.41, 5.74) is 1.36. The maximum absolute atomic E-state index is 12.5. The highest BCUT2D eigenvalue weighted by atomic mass is 19.4. The smallest absolute Gasteiger partial charge is 0.471 e. The average molecular weight is 313 g/mol. The first-order valence-corrected chi connectivity index (χ1v) is 6.36. The third-order valence-corrected chi connectivity index (χ3v) is 2.73. The van der Waals surface area contributed by atoms with Gasteiger partial charge in [0.25, 0.3) is 0 Å². The van der Waals surface area contributed by atoms with Gasteiger partial charge in [-0.05, 0) is 19.1 Å². The third-order valence-electron chi connectivity index (χ3n) is 2.73. The molecular formula is C14H14F3N3O2. The molecule has 0 saturated carbocycles. The summed E-state index contributed by atoms with van der Waals surface area (Å²) in [6, 6.07) is 4.32. The second-order valence-corrected chi connectivity index (χ2v) is 4.37. The molecular weight excluding hydrogens is 299 g/mol. The molecule has 0 aliphatic carbocycles. The van der Waals surface area contributed by atoms with E-state index in [-0.39, 0.29) is 23.8 Å². The maximum Gasteiger partial charge on any atom is 0.573 e. The molecule has 118 valence electrons. The van der Waals surface area contributed by atoms with Gasteiger partial charge < -0.3 is 14.8 Å². The van der Waals surface area contributed by atoms with E-state index in [0.29, 0.717) is 11.4 Å². The summed E-state index contributed by atoms with van der Waals surface area (Å²) in [6.45, 7) is 1.60. The summed E-state index contributed by atoms with van der Waals surface area (Å²) in [7, 11) is 1.60. The Kier molecular flexibility index (Phi) is 4.69. The number of nitrogens with zero attached hydrogens (tertiary/aromatic N) is 2. The molecule has 0 unspecified atom stereocenters. The van der Waals surface area contributed by atoms with Crippen LogP contribution in [0.3, 0.4) is 0 Å². The highest BCUT2D eigenvalue weighted by molar-refractivity contribution is 5.57. The molecule has 2 aromatic rings. The van der Waals surface area contributed by atoms with Gasteiger partial charge in [0, 0.05) is 18.9 Å². The van der Waals surface area contributed by atoms with E-state index >= 15 is 0 Å². The van der Waals surface area contributed by atoms with Gasteiger partial charge in [-0.15, -0.1) is 13.2 Å². The van der Waals surface area contributed by atoms with Crippen molar-refractivity contribution in [3.05, 3.63) is 41.9 Å². The number of halogens is 3. The van der Waals surface area contributed by atoms with Crippen molar-refractivity contribution in [3.63, 3.8) is 0 Å². The molecule has 22 heavy (non-hydrogen) atoms.